The monoisotopic (exact) mass is 373 g/mol. The zero-order valence-electron chi connectivity index (χ0n) is 15.4. The van der Waals surface area contributed by atoms with Crippen LogP contribution in [-0.4, -0.2) is 25.7 Å². The van der Waals surface area contributed by atoms with E-state index in [4.69, 9.17) is 14.2 Å². The van der Waals surface area contributed by atoms with Gasteiger partial charge in [-0.1, -0.05) is 25.1 Å². The third-order valence-corrected chi connectivity index (χ3v) is 4.35. The first kappa shape index (κ1) is 19.0. The first-order valence-corrected chi connectivity index (χ1v) is 9.23. The lowest BCUT2D eigenvalue weighted by molar-refractivity contribution is -0.122. The summed E-state index contributed by atoms with van der Waals surface area (Å²) in [7, 11) is 0. The van der Waals surface area contributed by atoms with Crippen LogP contribution in [0, 0.1) is 5.82 Å². The van der Waals surface area contributed by atoms with Crippen molar-refractivity contribution in [3.63, 3.8) is 0 Å². The molecule has 1 heterocycles. The fraction of sp³-hybridized carbons (Fsp3) is 0.381. The van der Waals surface area contributed by atoms with Crippen molar-refractivity contribution in [2.24, 2.45) is 0 Å². The van der Waals surface area contributed by atoms with Crippen LogP contribution in [0.4, 0.5) is 4.39 Å². The number of fused-ring (bicyclic) bond motifs is 1. The number of ether oxygens (including phenoxy) is 3. The van der Waals surface area contributed by atoms with Gasteiger partial charge in [0, 0.05) is 6.42 Å². The zero-order chi connectivity index (χ0) is 19.1. The van der Waals surface area contributed by atoms with Crippen LogP contribution >= 0.6 is 0 Å². The molecule has 144 valence electrons. The van der Waals surface area contributed by atoms with Crippen molar-refractivity contribution in [1.29, 1.82) is 0 Å². The lowest BCUT2D eigenvalue weighted by Crippen LogP contribution is -2.28. The van der Waals surface area contributed by atoms with E-state index >= 15 is 0 Å². The summed E-state index contributed by atoms with van der Waals surface area (Å²) in [4.78, 5) is 12.3. The smallest absolute Gasteiger partial charge is 0.220 e. The van der Waals surface area contributed by atoms with Crippen LogP contribution in [0.1, 0.15) is 37.8 Å². The average Bonchev–Trinajstić information content (AvgIpc) is 2.70. The Labute approximate surface area is 158 Å². The van der Waals surface area contributed by atoms with E-state index in [-0.39, 0.29) is 24.3 Å². The molecule has 0 aliphatic carbocycles. The molecule has 0 saturated carbocycles. The zero-order valence-corrected chi connectivity index (χ0v) is 15.4. The lowest BCUT2D eigenvalue weighted by Gasteiger charge is -2.22. The third kappa shape index (κ3) is 5.12. The highest BCUT2D eigenvalue weighted by molar-refractivity contribution is 5.76. The van der Waals surface area contributed by atoms with Gasteiger partial charge in [-0.3, -0.25) is 4.79 Å². The standard InChI is InChI=1S/C21H24FNO4/c1-2-17(15-9-10-19-20(14-15)27-13-12-26-19)23-21(24)8-5-11-25-18-7-4-3-6-16(18)22/h3-4,6-7,9-10,14,17H,2,5,8,11-13H2,1H3,(H,23,24). The Balaban J connectivity index is 1.48. The minimum atomic E-state index is -0.397. The summed E-state index contributed by atoms with van der Waals surface area (Å²) in [6.45, 7) is 3.38. The van der Waals surface area contributed by atoms with Crippen LogP contribution < -0.4 is 19.5 Å². The van der Waals surface area contributed by atoms with Gasteiger partial charge in [0.2, 0.25) is 5.91 Å². The summed E-state index contributed by atoms with van der Waals surface area (Å²) in [5.74, 6) is 1.20. The minimum Gasteiger partial charge on any atom is -0.491 e. The molecule has 0 bridgehead atoms. The van der Waals surface area contributed by atoms with Gasteiger partial charge in [0.05, 0.1) is 12.6 Å². The van der Waals surface area contributed by atoms with E-state index in [0.717, 1.165) is 17.7 Å². The topological polar surface area (TPSA) is 56.8 Å². The summed E-state index contributed by atoms with van der Waals surface area (Å²) in [5, 5.41) is 3.03. The maximum Gasteiger partial charge on any atom is 0.220 e. The Kier molecular flexibility index (Phi) is 6.52. The van der Waals surface area contributed by atoms with Crippen LogP contribution in [0.5, 0.6) is 17.2 Å². The predicted octanol–water partition coefficient (Wildman–Crippen LogP) is 4.02. The van der Waals surface area contributed by atoms with Gasteiger partial charge in [0.1, 0.15) is 13.2 Å². The number of amides is 1. The molecule has 2 aromatic rings. The molecule has 1 atom stereocenters. The van der Waals surface area contributed by atoms with E-state index in [1.165, 1.54) is 6.07 Å². The first-order valence-electron chi connectivity index (χ1n) is 9.23. The molecule has 3 rings (SSSR count). The molecular weight excluding hydrogens is 349 g/mol. The fourth-order valence-electron chi connectivity index (χ4n) is 2.94. The molecule has 1 aliphatic heterocycles. The highest BCUT2D eigenvalue weighted by Crippen LogP contribution is 2.33. The number of nitrogens with one attached hydrogen (secondary N) is 1. The largest absolute Gasteiger partial charge is 0.491 e. The second-order valence-electron chi connectivity index (χ2n) is 6.31. The van der Waals surface area contributed by atoms with Crippen LogP contribution in [0.3, 0.4) is 0 Å². The summed E-state index contributed by atoms with van der Waals surface area (Å²) < 4.78 is 30.0. The van der Waals surface area contributed by atoms with Gasteiger partial charge in [-0.15, -0.1) is 0 Å². The van der Waals surface area contributed by atoms with Gasteiger partial charge in [0.15, 0.2) is 23.1 Å². The van der Waals surface area contributed by atoms with Gasteiger partial charge in [-0.2, -0.15) is 0 Å². The number of carbonyl (C=O) groups is 1. The number of rotatable bonds is 8. The van der Waals surface area contributed by atoms with Crippen molar-refractivity contribution in [3.05, 3.63) is 53.8 Å². The van der Waals surface area contributed by atoms with Crippen LogP contribution in [0.15, 0.2) is 42.5 Å². The van der Waals surface area contributed by atoms with Crippen molar-refractivity contribution >= 4 is 5.91 Å². The summed E-state index contributed by atoms with van der Waals surface area (Å²) >= 11 is 0. The Hall–Kier alpha value is -2.76. The van der Waals surface area contributed by atoms with Gasteiger partial charge in [0.25, 0.3) is 0 Å². The van der Waals surface area contributed by atoms with E-state index in [1.807, 2.05) is 25.1 Å². The summed E-state index contributed by atoms with van der Waals surface area (Å²) in [6.07, 6.45) is 1.59. The van der Waals surface area contributed by atoms with Crippen molar-refractivity contribution in [3.8, 4) is 17.2 Å². The number of benzene rings is 2. The van der Waals surface area contributed by atoms with E-state index in [9.17, 15) is 9.18 Å². The van der Waals surface area contributed by atoms with Crippen LogP contribution in [0.25, 0.3) is 0 Å². The molecule has 0 spiro atoms. The summed E-state index contributed by atoms with van der Waals surface area (Å²) in [5.41, 5.74) is 0.984. The van der Waals surface area contributed by atoms with Crippen molar-refractivity contribution < 1.29 is 23.4 Å². The Bertz CT molecular complexity index is 781. The Morgan fingerprint density at radius 1 is 1.19 bits per heavy atom. The molecule has 5 nitrogen and oxygen atoms in total. The van der Waals surface area contributed by atoms with Crippen molar-refractivity contribution in [1.82, 2.24) is 5.32 Å². The molecule has 0 fully saturated rings. The Morgan fingerprint density at radius 3 is 2.74 bits per heavy atom. The van der Waals surface area contributed by atoms with E-state index in [0.29, 0.717) is 31.8 Å². The van der Waals surface area contributed by atoms with Gasteiger partial charge in [-0.05, 0) is 42.7 Å². The predicted molar refractivity (Wildman–Crippen MR) is 99.7 cm³/mol. The number of para-hydroxylation sites is 1. The number of hydrogen-bond acceptors (Lipinski definition) is 4. The molecule has 27 heavy (non-hydrogen) atoms. The SMILES string of the molecule is CCC(NC(=O)CCCOc1ccccc1F)c1ccc2c(c1)OCCO2. The molecule has 0 aromatic heterocycles. The molecule has 1 N–H and O–H groups in total. The normalized spacial score (nSPS) is 13.7. The molecule has 0 saturated heterocycles. The fourth-order valence-corrected chi connectivity index (χ4v) is 2.94. The van der Waals surface area contributed by atoms with Crippen LogP contribution in [0.2, 0.25) is 0 Å². The Morgan fingerprint density at radius 2 is 1.96 bits per heavy atom. The van der Waals surface area contributed by atoms with Gasteiger partial charge in [-0.25, -0.2) is 4.39 Å². The van der Waals surface area contributed by atoms with E-state index < -0.39 is 5.82 Å². The van der Waals surface area contributed by atoms with Gasteiger partial charge >= 0.3 is 0 Å². The summed E-state index contributed by atoms with van der Waals surface area (Å²) in [6, 6.07) is 11.9. The van der Waals surface area contributed by atoms with Crippen molar-refractivity contribution in [2.45, 2.75) is 32.2 Å². The average molecular weight is 373 g/mol. The number of halogens is 1. The van der Waals surface area contributed by atoms with Gasteiger partial charge < -0.3 is 19.5 Å². The minimum absolute atomic E-state index is 0.0612. The molecule has 2 aromatic carbocycles. The molecule has 1 unspecified atom stereocenters. The quantitative estimate of drug-likeness (QED) is 0.710. The molecule has 1 aliphatic rings. The van der Waals surface area contributed by atoms with Crippen molar-refractivity contribution in [2.75, 3.05) is 19.8 Å². The molecular formula is C21H24FNO4. The lowest BCUT2D eigenvalue weighted by atomic mass is 10.0. The third-order valence-electron chi connectivity index (χ3n) is 4.35. The highest BCUT2D eigenvalue weighted by Gasteiger charge is 2.17. The number of carbonyl (C=O) groups excluding carboxylic acids is 1. The second kappa shape index (κ2) is 9.26. The van der Waals surface area contributed by atoms with Crippen LogP contribution in [-0.2, 0) is 4.79 Å². The van der Waals surface area contributed by atoms with E-state index in [1.54, 1.807) is 18.2 Å². The highest BCUT2D eigenvalue weighted by atomic mass is 19.1. The molecule has 0 radical (unpaired) electrons. The molecule has 1 amide bonds. The first-order chi connectivity index (χ1) is 13.2. The second-order valence-corrected chi connectivity index (χ2v) is 6.31. The van der Waals surface area contributed by atoms with E-state index in [2.05, 4.69) is 5.32 Å². The maximum atomic E-state index is 13.5. The molecule has 6 heteroatoms. The maximum absolute atomic E-state index is 13.5. The number of hydrogen-bond donors (Lipinski definition) is 1.